The summed E-state index contributed by atoms with van der Waals surface area (Å²) in [7, 11) is -2.27. The Kier molecular flexibility index (Phi) is 6.01. The number of benzene rings is 2. The third-order valence-corrected chi connectivity index (χ3v) is 6.14. The Hall–Kier alpha value is -2.54. The minimum Gasteiger partial charge on any atom is -0.495 e. The SMILES string of the molecule is COc1ccccc1NS(=O)(=O)c1ccc(NC(=O)C2CCCCC2)cc1. The molecule has 0 atom stereocenters. The molecule has 0 saturated heterocycles. The molecule has 3 rings (SSSR count). The molecule has 0 heterocycles. The van der Waals surface area contributed by atoms with Crippen LogP contribution in [0, 0.1) is 5.92 Å². The van der Waals surface area contributed by atoms with Crippen LogP contribution in [0.15, 0.2) is 53.4 Å². The molecule has 0 radical (unpaired) electrons. The smallest absolute Gasteiger partial charge is 0.262 e. The van der Waals surface area contributed by atoms with Crippen LogP contribution in [0.25, 0.3) is 0 Å². The van der Waals surface area contributed by atoms with Crippen molar-refractivity contribution in [1.82, 2.24) is 0 Å². The minimum absolute atomic E-state index is 0.0115. The first-order valence-corrected chi connectivity index (χ1v) is 10.5. The molecule has 2 aromatic carbocycles. The average Bonchev–Trinajstić information content (AvgIpc) is 2.69. The molecule has 2 aromatic rings. The van der Waals surface area contributed by atoms with Crippen molar-refractivity contribution in [1.29, 1.82) is 0 Å². The summed E-state index contributed by atoms with van der Waals surface area (Å²) < 4.78 is 32.9. The maximum Gasteiger partial charge on any atom is 0.262 e. The van der Waals surface area contributed by atoms with Gasteiger partial charge in [0, 0.05) is 11.6 Å². The van der Waals surface area contributed by atoms with E-state index in [1.807, 2.05) is 0 Å². The van der Waals surface area contributed by atoms with Crippen LogP contribution in [-0.4, -0.2) is 21.4 Å². The second-order valence-corrected chi connectivity index (χ2v) is 8.34. The Morgan fingerprint density at radius 2 is 1.67 bits per heavy atom. The number of carbonyl (C=O) groups excluding carboxylic acids is 1. The third-order valence-electron chi connectivity index (χ3n) is 4.76. The third kappa shape index (κ3) is 4.80. The summed E-state index contributed by atoms with van der Waals surface area (Å²) in [6.07, 6.45) is 5.20. The summed E-state index contributed by atoms with van der Waals surface area (Å²) in [5.41, 5.74) is 0.969. The minimum atomic E-state index is -3.75. The fourth-order valence-corrected chi connectivity index (χ4v) is 4.33. The van der Waals surface area contributed by atoms with Gasteiger partial charge in [0.15, 0.2) is 0 Å². The number of hydrogen-bond acceptors (Lipinski definition) is 4. The number of anilines is 2. The molecular weight excluding hydrogens is 364 g/mol. The number of rotatable bonds is 6. The first-order chi connectivity index (χ1) is 13.0. The van der Waals surface area contributed by atoms with Crippen LogP contribution in [-0.2, 0) is 14.8 Å². The highest BCUT2D eigenvalue weighted by Crippen LogP contribution is 2.27. The Balaban J connectivity index is 1.69. The van der Waals surface area contributed by atoms with Crippen molar-refractivity contribution < 1.29 is 17.9 Å². The van der Waals surface area contributed by atoms with Gasteiger partial charge < -0.3 is 10.1 Å². The van der Waals surface area contributed by atoms with Crippen LogP contribution in [0.4, 0.5) is 11.4 Å². The molecule has 7 heteroatoms. The highest BCUT2D eigenvalue weighted by molar-refractivity contribution is 7.92. The molecular formula is C20H24N2O4S. The molecule has 1 aliphatic carbocycles. The lowest BCUT2D eigenvalue weighted by molar-refractivity contribution is -0.120. The van der Waals surface area contributed by atoms with Gasteiger partial charge in [0.25, 0.3) is 10.0 Å². The lowest BCUT2D eigenvalue weighted by Gasteiger charge is -2.20. The molecule has 2 N–H and O–H groups in total. The second kappa shape index (κ2) is 8.43. The Morgan fingerprint density at radius 1 is 1.00 bits per heavy atom. The van der Waals surface area contributed by atoms with E-state index in [4.69, 9.17) is 4.74 Å². The molecule has 1 aliphatic rings. The number of amides is 1. The summed E-state index contributed by atoms with van der Waals surface area (Å²) in [5.74, 6) is 0.504. The van der Waals surface area contributed by atoms with Crippen LogP contribution in [0.1, 0.15) is 32.1 Å². The molecule has 0 aliphatic heterocycles. The van der Waals surface area contributed by atoms with E-state index < -0.39 is 10.0 Å². The quantitative estimate of drug-likeness (QED) is 0.783. The Bertz CT molecular complexity index is 888. The first kappa shape index (κ1) is 19.2. The molecule has 0 bridgehead atoms. The lowest BCUT2D eigenvalue weighted by Crippen LogP contribution is -2.24. The van der Waals surface area contributed by atoms with Crippen LogP contribution in [0.3, 0.4) is 0 Å². The largest absolute Gasteiger partial charge is 0.495 e. The van der Waals surface area contributed by atoms with E-state index in [-0.39, 0.29) is 16.7 Å². The van der Waals surface area contributed by atoms with E-state index in [1.54, 1.807) is 36.4 Å². The fourth-order valence-electron chi connectivity index (χ4n) is 3.26. The van der Waals surface area contributed by atoms with E-state index in [9.17, 15) is 13.2 Å². The molecule has 0 spiro atoms. The van der Waals surface area contributed by atoms with Crippen molar-refractivity contribution in [2.75, 3.05) is 17.1 Å². The summed E-state index contributed by atoms with van der Waals surface area (Å²) in [5, 5.41) is 2.88. The van der Waals surface area contributed by atoms with Gasteiger partial charge >= 0.3 is 0 Å². The van der Waals surface area contributed by atoms with E-state index in [2.05, 4.69) is 10.0 Å². The van der Waals surface area contributed by atoms with E-state index in [1.165, 1.54) is 25.7 Å². The number of para-hydroxylation sites is 2. The van der Waals surface area contributed by atoms with Gasteiger partial charge in [-0.05, 0) is 49.2 Å². The molecule has 1 saturated carbocycles. The van der Waals surface area contributed by atoms with Crippen molar-refractivity contribution in [3.05, 3.63) is 48.5 Å². The van der Waals surface area contributed by atoms with Crippen molar-refractivity contribution in [3.63, 3.8) is 0 Å². The fraction of sp³-hybridized carbons (Fsp3) is 0.350. The second-order valence-electron chi connectivity index (χ2n) is 6.65. The average molecular weight is 388 g/mol. The van der Waals surface area contributed by atoms with Gasteiger partial charge in [-0.3, -0.25) is 9.52 Å². The number of carbonyl (C=O) groups is 1. The van der Waals surface area contributed by atoms with Gasteiger partial charge in [-0.15, -0.1) is 0 Å². The number of sulfonamides is 1. The maximum absolute atomic E-state index is 12.6. The first-order valence-electron chi connectivity index (χ1n) is 9.06. The summed E-state index contributed by atoms with van der Waals surface area (Å²) in [6, 6.07) is 13.0. The van der Waals surface area contributed by atoms with Crippen molar-refractivity contribution in [2.45, 2.75) is 37.0 Å². The Labute approximate surface area is 160 Å². The number of ether oxygens (including phenoxy) is 1. The zero-order chi connectivity index (χ0) is 19.3. The molecule has 1 amide bonds. The maximum atomic E-state index is 12.6. The summed E-state index contributed by atoms with van der Waals surface area (Å²) in [6.45, 7) is 0. The number of hydrogen-bond donors (Lipinski definition) is 2. The van der Waals surface area contributed by atoms with E-state index in [0.717, 1.165) is 25.7 Å². The van der Waals surface area contributed by atoms with E-state index in [0.29, 0.717) is 17.1 Å². The number of methoxy groups -OCH3 is 1. The molecule has 0 aromatic heterocycles. The van der Waals surface area contributed by atoms with Crippen LogP contribution >= 0.6 is 0 Å². The van der Waals surface area contributed by atoms with Gasteiger partial charge in [0.2, 0.25) is 5.91 Å². The molecule has 27 heavy (non-hydrogen) atoms. The van der Waals surface area contributed by atoms with Crippen molar-refractivity contribution >= 4 is 27.3 Å². The highest BCUT2D eigenvalue weighted by atomic mass is 32.2. The predicted octanol–water partition coefficient (Wildman–Crippen LogP) is 4.01. The topological polar surface area (TPSA) is 84.5 Å². The standard InChI is InChI=1S/C20H24N2O4S/c1-26-19-10-6-5-9-18(19)22-27(24,25)17-13-11-16(12-14-17)21-20(23)15-7-3-2-4-8-15/h5-6,9-15,22H,2-4,7-8H2,1H3,(H,21,23). The highest BCUT2D eigenvalue weighted by Gasteiger charge is 2.21. The van der Waals surface area contributed by atoms with E-state index >= 15 is 0 Å². The molecule has 6 nitrogen and oxygen atoms in total. The van der Waals surface area contributed by atoms with Gasteiger partial charge in [-0.2, -0.15) is 0 Å². The van der Waals surface area contributed by atoms with Crippen LogP contribution in [0.5, 0.6) is 5.75 Å². The Morgan fingerprint density at radius 3 is 2.33 bits per heavy atom. The van der Waals surface area contributed by atoms with Crippen LogP contribution in [0.2, 0.25) is 0 Å². The summed E-state index contributed by atoms with van der Waals surface area (Å²) >= 11 is 0. The molecule has 1 fully saturated rings. The monoisotopic (exact) mass is 388 g/mol. The van der Waals surface area contributed by atoms with Crippen LogP contribution < -0.4 is 14.8 Å². The zero-order valence-electron chi connectivity index (χ0n) is 15.3. The van der Waals surface area contributed by atoms with Crippen molar-refractivity contribution in [2.24, 2.45) is 5.92 Å². The van der Waals surface area contributed by atoms with Gasteiger partial charge in [0.05, 0.1) is 17.7 Å². The van der Waals surface area contributed by atoms with Crippen molar-refractivity contribution in [3.8, 4) is 5.75 Å². The number of nitrogens with one attached hydrogen (secondary N) is 2. The molecule has 0 unspecified atom stereocenters. The van der Waals surface area contributed by atoms with Gasteiger partial charge in [-0.25, -0.2) is 8.42 Å². The van der Waals surface area contributed by atoms with Gasteiger partial charge in [0.1, 0.15) is 5.75 Å². The van der Waals surface area contributed by atoms with Gasteiger partial charge in [-0.1, -0.05) is 31.4 Å². The normalized spacial score (nSPS) is 15.1. The predicted molar refractivity (Wildman–Crippen MR) is 105 cm³/mol. The lowest BCUT2D eigenvalue weighted by atomic mass is 9.88. The summed E-state index contributed by atoms with van der Waals surface area (Å²) in [4.78, 5) is 12.4. The molecule has 144 valence electrons. The zero-order valence-corrected chi connectivity index (χ0v) is 16.1.